The van der Waals surface area contributed by atoms with Crippen LogP contribution in [0.3, 0.4) is 0 Å². The van der Waals surface area contributed by atoms with Crippen molar-refractivity contribution in [3.63, 3.8) is 0 Å². The van der Waals surface area contributed by atoms with Gasteiger partial charge in [0.05, 0.1) is 36.1 Å². The molecule has 0 spiro atoms. The normalized spacial score (nSPS) is 23.6. The van der Waals surface area contributed by atoms with Crippen LogP contribution in [0.1, 0.15) is 74.5 Å². The number of ether oxygens (including phenoxy) is 1. The van der Waals surface area contributed by atoms with Crippen LogP contribution in [-0.2, 0) is 9.53 Å². The van der Waals surface area contributed by atoms with Crippen LogP contribution < -0.4 is 5.32 Å². The lowest BCUT2D eigenvalue weighted by molar-refractivity contribution is -0.128. The van der Waals surface area contributed by atoms with Gasteiger partial charge in [0.15, 0.2) is 0 Å². The van der Waals surface area contributed by atoms with Gasteiger partial charge in [-0.2, -0.15) is 5.10 Å². The molecule has 3 heterocycles. The summed E-state index contributed by atoms with van der Waals surface area (Å²) in [5, 5.41) is 7.78. The molecule has 2 amide bonds. The number of hydrogen-bond donors (Lipinski definition) is 1. The van der Waals surface area contributed by atoms with Gasteiger partial charge in [0.1, 0.15) is 0 Å². The second-order valence-electron chi connectivity index (χ2n) is 10.1. The summed E-state index contributed by atoms with van der Waals surface area (Å²) in [4.78, 5) is 30.7. The summed E-state index contributed by atoms with van der Waals surface area (Å²) < 4.78 is 7.69. The molecule has 5 rings (SSSR count). The van der Waals surface area contributed by atoms with Gasteiger partial charge in [-0.1, -0.05) is 25.3 Å². The predicted molar refractivity (Wildman–Crippen MR) is 130 cm³/mol. The fourth-order valence-corrected chi connectivity index (χ4v) is 5.77. The van der Waals surface area contributed by atoms with E-state index in [-0.39, 0.29) is 17.9 Å². The number of amides is 2. The summed E-state index contributed by atoms with van der Waals surface area (Å²) in [6.07, 6.45) is 10.1. The summed E-state index contributed by atoms with van der Waals surface area (Å²) in [6.45, 7) is 9.85. The number of carbonyl (C=O) groups excluding carboxylic acids is 2. The number of nitrogens with zero attached hydrogens (tertiary/aromatic N) is 4. The second kappa shape index (κ2) is 10.0. The van der Waals surface area contributed by atoms with Crippen molar-refractivity contribution in [3.05, 3.63) is 34.7 Å². The Morgan fingerprint density at radius 1 is 1.18 bits per heavy atom. The molecule has 34 heavy (non-hydrogen) atoms. The zero-order valence-electron chi connectivity index (χ0n) is 20.5. The third-order valence-electron chi connectivity index (χ3n) is 7.72. The van der Waals surface area contributed by atoms with Gasteiger partial charge >= 0.3 is 0 Å². The summed E-state index contributed by atoms with van der Waals surface area (Å²) in [7, 11) is 0. The Morgan fingerprint density at radius 2 is 1.94 bits per heavy atom. The Labute approximate surface area is 202 Å². The molecule has 1 aromatic heterocycles. The largest absolute Gasteiger partial charge is 0.380 e. The highest BCUT2D eigenvalue weighted by molar-refractivity contribution is 6.06. The molecular weight excluding hydrogens is 430 g/mol. The zero-order chi connectivity index (χ0) is 23.7. The first-order valence-corrected chi connectivity index (χ1v) is 13.0. The van der Waals surface area contributed by atoms with Crippen molar-refractivity contribution in [2.24, 2.45) is 0 Å². The Hall–Kier alpha value is -2.45. The van der Waals surface area contributed by atoms with Crippen molar-refractivity contribution < 1.29 is 14.3 Å². The van der Waals surface area contributed by atoms with Crippen LogP contribution in [-0.4, -0.2) is 83.4 Å². The fourth-order valence-electron chi connectivity index (χ4n) is 5.77. The number of fused-ring (bicyclic) bond motifs is 3. The molecule has 8 heteroatoms. The molecule has 1 N–H and O–H groups in total. The van der Waals surface area contributed by atoms with Crippen molar-refractivity contribution in [2.45, 2.75) is 64.5 Å². The van der Waals surface area contributed by atoms with E-state index in [1.54, 1.807) is 6.20 Å². The van der Waals surface area contributed by atoms with E-state index in [9.17, 15) is 9.59 Å². The monoisotopic (exact) mass is 467 g/mol. The standard InChI is InChI=1S/C26H37N5O3/c1-3-13-34-14-12-29-8-10-30(11-9-29)26(33)20-16-21-23(15-18(20)2)28-25(32)22-17-27-31(24(21)22)19-6-4-5-7-19/h16-17,19,23H,3-15H2,1-2H3,(H,28,32). The lowest BCUT2D eigenvalue weighted by Crippen LogP contribution is -2.50. The minimum Gasteiger partial charge on any atom is -0.380 e. The van der Waals surface area contributed by atoms with Gasteiger partial charge < -0.3 is 15.0 Å². The zero-order valence-corrected chi connectivity index (χ0v) is 20.5. The minimum atomic E-state index is -0.0895. The number of aromatic nitrogens is 2. The summed E-state index contributed by atoms with van der Waals surface area (Å²) in [5.74, 6) is 0.0544. The first-order chi connectivity index (χ1) is 16.6. The summed E-state index contributed by atoms with van der Waals surface area (Å²) in [5.41, 5.74) is 4.44. The van der Waals surface area contributed by atoms with Crippen molar-refractivity contribution in [1.29, 1.82) is 0 Å². The molecule has 1 atom stereocenters. The average molecular weight is 468 g/mol. The van der Waals surface area contributed by atoms with Crippen LogP contribution in [0.25, 0.3) is 5.57 Å². The Morgan fingerprint density at radius 3 is 2.68 bits per heavy atom. The number of rotatable bonds is 7. The van der Waals surface area contributed by atoms with E-state index < -0.39 is 0 Å². The van der Waals surface area contributed by atoms with E-state index in [4.69, 9.17) is 4.74 Å². The van der Waals surface area contributed by atoms with Crippen LogP contribution in [0, 0.1) is 0 Å². The maximum absolute atomic E-state index is 13.6. The molecule has 1 unspecified atom stereocenters. The molecule has 0 aromatic carbocycles. The third kappa shape index (κ3) is 4.45. The molecule has 1 saturated heterocycles. The van der Waals surface area contributed by atoms with Crippen LogP contribution in [0.15, 0.2) is 23.4 Å². The quantitative estimate of drug-likeness (QED) is 0.624. The van der Waals surface area contributed by atoms with E-state index in [2.05, 4.69) is 26.9 Å². The van der Waals surface area contributed by atoms with Gasteiger partial charge in [-0.05, 0) is 38.7 Å². The molecule has 0 radical (unpaired) electrons. The molecule has 2 aliphatic heterocycles. The van der Waals surface area contributed by atoms with Gasteiger partial charge in [0.25, 0.3) is 11.8 Å². The van der Waals surface area contributed by atoms with Crippen LogP contribution in [0.5, 0.6) is 0 Å². The van der Waals surface area contributed by atoms with Gasteiger partial charge in [-0.15, -0.1) is 0 Å². The van der Waals surface area contributed by atoms with E-state index in [1.165, 1.54) is 12.8 Å². The molecule has 8 nitrogen and oxygen atoms in total. The Bertz CT molecular complexity index is 996. The van der Waals surface area contributed by atoms with E-state index in [0.29, 0.717) is 18.0 Å². The maximum atomic E-state index is 13.6. The van der Waals surface area contributed by atoms with Crippen molar-refractivity contribution in [3.8, 4) is 0 Å². The molecule has 184 valence electrons. The molecule has 4 aliphatic rings. The lowest BCUT2D eigenvalue weighted by Gasteiger charge is -2.37. The molecule has 0 bridgehead atoms. The first-order valence-electron chi connectivity index (χ1n) is 13.0. The summed E-state index contributed by atoms with van der Waals surface area (Å²) in [6, 6.07) is 0.255. The molecule has 1 aromatic rings. The van der Waals surface area contributed by atoms with Crippen molar-refractivity contribution in [2.75, 3.05) is 45.9 Å². The third-order valence-corrected chi connectivity index (χ3v) is 7.72. The highest BCUT2D eigenvalue weighted by Crippen LogP contribution is 2.39. The molecule has 1 saturated carbocycles. The number of carbonyl (C=O) groups is 2. The minimum absolute atomic E-state index is 0.0528. The van der Waals surface area contributed by atoms with Crippen LogP contribution in [0.4, 0.5) is 0 Å². The second-order valence-corrected chi connectivity index (χ2v) is 10.1. The Kier molecular flexibility index (Phi) is 6.88. The van der Waals surface area contributed by atoms with Gasteiger partial charge in [0, 0.05) is 50.5 Å². The maximum Gasteiger partial charge on any atom is 0.255 e. The van der Waals surface area contributed by atoms with Crippen LogP contribution in [0.2, 0.25) is 0 Å². The molecule has 2 fully saturated rings. The van der Waals surface area contributed by atoms with Crippen LogP contribution >= 0.6 is 0 Å². The highest BCUT2D eigenvalue weighted by Gasteiger charge is 2.38. The predicted octanol–water partition coefficient (Wildman–Crippen LogP) is 2.78. The topological polar surface area (TPSA) is 79.7 Å². The smallest absolute Gasteiger partial charge is 0.255 e. The average Bonchev–Trinajstić information content (AvgIpc) is 3.52. The van der Waals surface area contributed by atoms with E-state index in [0.717, 1.165) is 87.6 Å². The fraction of sp³-hybridized carbons (Fsp3) is 0.654. The number of piperazine rings is 1. The molecular formula is C26H37N5O3. The van der Waals surface area contributed by atoms with E-state index in [1.807, 2.05) is 17.9 Å². The SMILES string of the molecule is CCCOCCN1CCN(C(=O)C2=C(C)CC3NC(=O)c4cnn(C5CCCC5)c4C3=C2)CC1. The summed E-state index contributed by atoms with van der Waals surface area (Å²) >= 11 is 0. The van der Waals surface area contributed by atoms with Gasteiger partial charge in [-0.25, -0.2) is 0 Å². The van der Waals surface area contributed by atoms with Crippen molar-refractivity contribution in [1.82, 2.24) is 24.9 Å². The molecule has 2 aliphatic carbocycles. The van der Waals surface area contributed by atoms with Crippen molar-refractivity contribution >= 4 is 17.4 Å². The number of hydrogen-bond acceptors (Lipinski definition) is 5. The lowest BCUT2D eigenvalue weighted by atomic mass is 9.83. The Balaban J connectivity index is 1.33. The first kappa shape index (κ1) is 23.3. The highest BCUT2D eigenvalue weighted by atomic mass is 16.5. The van der Waals surface area contributed by atoms with Gasteiger partial charge in [-0.3, -0.25) is 19.2 Å². The number of nitrogens with one attached hydrogen (secondary N) is 1. The van der Waals surface area contributed by atoms with E-state index >= 15 is 0 Å². The van der Waals surface area contributed by atoms with Gasteiger partial charge in [0.2, 0.25) is 0 Å².